The number of benzene rings is 2. The molecule has 0 fully saturated rings. The molecule has 3 rings (SSSR count). The van der Waals surface area contributed by atoms with Crippen molar-refractivity contribution in [3.05, 3.63) is 64.2 Å². The smallest absolute Gasteiger partial charge is 0.159 e. The molecule has 2 nitrogen and oxygen atoms in total. The first-order valence-corrected chi connectivity index (χ1v) is 7.49. The lowest BCUT2D eigenvalue weighted by Gasteiger charge is -2.21. The second kappa shape index (κ2) is 5.36. The molecule has 0 amide bonds. The molecule has 2 aromatic carbocycles. The summed E-state index contributed by atoms with van der Waals surface area (Å²) in [6.45, 7) is 7.92. The molecule has 0 unspecified atom stereocenters. The molecular weight excluding hydrogens is 258 g/mol. The van der Waals surface area contributed by atoms with Crippen LogP contribution < -0.4 is 4.90 Å². The lowest BCUT2D eigenvalue weighted by atomic mass is 10.0. The van der Waals surface area contributed by atoms with Crippen LogP contribution in [0.1, 0.15) is 39.5 Å². The van der Waals surface area contributed by atoms with Crippen LogP contribution >= 0.6 is 0 Å². The fraction of sp³-hybridized carbons (Fsp3) is 0.316. The summed E-state index contributed by atoms with van der Waals surface area (Å²) in [6.07, 6.45) is 1.03. The van der Waals surface area contributed by atoms with Gasteiger partial charge in [-0.3, -0.25) is 4.79 Å². The van der Waals surface area contributed by atoms with Gasteiger partial charge in [-0.25, -0.2) is 0 Å². The number of fused-ring (bicyclic) bond motifs is 1. The number of aryl methyl sites for hydroxylation is 2. The van der Waals surface area contributed by atoms with E-state index in [4.69, 9.17) is 0 Å². The van der Waals surface area contributed by atoms with E-state index in [1.807, 2.05) is 6.07 Å². The number of nitrogens with zero attached hydrogens (tertiary/aromatic N) is 1. The molecule has 0 N–H and O–H groups in total. The summed E-state index contributed by atoms with van der Waals surface area (Å²) in [5, 5.41) is 0. The zero-order valence-electron chi connectivity index (χ0n) is 12.9. The normalized spacial score (nSPS) is 13.4. The van der Waals surface area contributed by atoms with Crippen LogP contribution in [-0.4, -0.2) is 12.3 Å². The first-order valence-electron chi connectivity index (χ1n) is 7.49. The van der Waals surface area contributed by atoms with Gasteiger partial charge >= 0.3 is 0 Å². The van der Waals surface area contributed by atoms with E-state index in [-0.39, 0.29) is 5.78 Å². The van der Waals surface area contributed by atoms with Crippen LogP contribution in [0.3, 0.4) is 0 Å². The Hall–Kier alpha value is -2.09. The van der Waals surface area contributed by atoms with E-state index >= 15 is 0 Å². The van der Waals surface area contributed by atoms with Gasteiger partial charge < -0.3 is 4.90 Å². The van der Waals surface area contributed by atoms with Gasteiger partial charge in [0.25, 0.3) is 0 Å². The Balaban J connectivity index is 1.88. The highest BCUT2D eigenvalue weighted by molar-refractivity contribution is 5.94. The number of rotatable bonds is 3. The van der Waals surface area contributed by atoms with E-state index in [0.717, 1.165) is 25.1 Å². The Labute approximate surface area is 126 Å². The number of hydrogen-bond donors (Lipinski definition) is 0. The van der Waals surface area contributed by atoms with Gasteiger partial charge in [-0.2, -0.15) is 0 Å². The highest BCUT2D eigenvalue weighted by Crippen LogP contribution is 2.30. The summed E-state index contributed by atoms with van der Waals surface area (Å²) < 4.78 is 0. The highest BCUT2D eigenvalue weighted by Gasteiger charge is 2.20. The number of carbonyl (C=O) groups is 1. The van der Waals surface area contributed by atoms with Crippen LogP contribution in [0, 0.1) is 13.8 Å². The lowest BCUT2D eigenvalue weighted by molar-refractivity contribution is 0.101. The lowest BCUT2D eigenvalue weighted by Crippen LogP contribution is -2.20. The maximum Gasteiger partial charge on any atom is 0.159 e. The Morgan fingerprint density at radius 2 is 1.95 bits per heavy atom. The van der Waals surface area contributed by atoms with Gasteiger partial charge in [0.15, 0.2) is 5.78 Å². The van der Waals surface area contributed by atoms with Crippen molar-refractivity contribution in [1.29, 1.82) is 0 Å². The predicted octanol–water partition coefficient (Wildman–Crippen LogP) is 4.07. The summed E-state index contributed by atoms with van der Waals surface area (Å²) in [6, 6.07) is 12.7. The van der Waals surface area contributed by atoms with Gasteiger partial charge in [-0.15, -0.1) is 0 Å². The van der Waals surface area contributed by atoms with E-state index in [1.165, 1.54) is 27.9 Å². The number of Topliss-reactive ketones (excluding diaryl/α,β-unsaturated/α-hetero) is 1. The zero-order chi connectivity index (χ0) is 15.0. The summed E-state index contributed by atoms with van der Waals surface area (Å²) in [5.74, 6) is 0.144. The topological polar surface area (TPSA) is 20.3 Å². The van der Waals surface area contributed by atoms with Gasteiger partial charge in [0, 0.05) is 24.3 Å². The van der Waals surface area contributed by atoms with Gasteiger partial charge in [-0.05, 0) is 62.1 Å². The van der Waals surface area contributed by atoms with E-state index in [9.17, 15) is 4.79 Å². The van der Waals surface area contributed by atoms with Gasteiger partial charge in [0.1, 0.15) is 0 Å². The minimum Gasteiger partial charge on any atom is -0.367 e. The quantitative estimate of drug-likeness (QED) is 0.789. The third kappa shape index (κ3) is 2.71. The molecule has 0 aromatic heterocycles. The predicted molar refractivity (Wildman–Crippen MR) is 87.1 cm³/mol. The van der Waals surface area contributed by atoms with E-state index in [2.05, 4.69) is 49.1 Å². The third-order valence-corrected chi connectivity index (χ3v) is 4.34. The Kier molecular flexibility index (Phi) is 3.54. The fourth-order valence-corrected chi connectivity index (χ4v) is 3.03. The van der Waals surface area contributed by atoms with E-state index in [0.29, 0.717) is 0 Å². The molecule has 0 saturated carbocycles. The monoisotopic (exact) mass is 279 g/mol. The Morgan fingerprint density at radius 3 is 2.71 bits per heavy atom. The minimum absolute atomic E-state index is 0.144. The van der Waals surface area contributed by atoms with E-state index in [1.54, 1.807) is 6.92 Å². The maximum absolute atomic E-state index is 11.5. The molecule has 0 radical (unpaired) electrons. The molecule has 0 bridgehead atoms. The molecule has 2 heteroatoms. The van der Waals surface area contributed by atoms with Crippen molar-refractivity contribution < 1.29 is 4.79 Å². The average Bonchev–Trinajstić information content (AvgIpc) is 2.85. The van der Waals surface area contributed by atoms with Gasteiger partial charge in [-0.1, -0.05) is 23.8 Å². The molecule has 1 aliphatic heterocycles. The number of carbonyl (C=O) groups excluding carboxylic acids is 1. The molecule has 0 saturated heterocycles. The average molecular weight is 279 g/mol. The van der Waals surface area contributed by atoms with Crippen molar-refractivity contribution in [2.45, 2.75) is 33.7 Å². The van der Waals surface area contributed by atoms with Crippen LogP contribution in [0.25, 0.3) is 0 Å². The first kappa shape index (κ1) is 13.9. The number of anilines is 1. The molecule has 108 valence electrons. The summed E-state index contributed by atoms with van der Waals surface area (Å²) in [7, 11) is 0. The molecule has 0 atom stereocenters. The van der Waals surface area contributed by atoms with Gasteiger partial charge in [0.2, 0.25) is 0 Å². The number of hydrogen-bond acceptors (Lipinski definition) is 2. The highest BCUT2D eigenvalue weighted by atomic mass is 16.1. The third-order valence-electron chi connectivity index (χ3n) is 4.34. The minimum atomic E-state index is 0.144. The second-order valence-electron chi connectivity index (χ2n) is 6.00. The standard InChI is InChI=1S/C19H21NO/c1-13-4-5-14(2)18(10-13)12-20-9-8-17-11-16(15(3)21)6-7-19(17)20/h4-7,10-11H,8-9,12H2,1-3H3. The summed E-state index contributed by atoms with van der Waals surface area (Å²) in [4.78, 5) is 13.9. The summed E-state index contributed by atoms with van der Waals surface area (Å²) in [5.41, 5.74) is 7.44. The SMILES string of the molecule is CC(=O)c1ccc2c(c1)CCN2Cc1cc(C)ccc1C. The Bertz CT molecular complexity index is 703. The van der Waals surface area contributed by atoms with E-state index < -0.39 is 0 Å². The largest absolute Gasteiger partial charge is 0.367 e. The fourth-order valence-electron chi connectivity index (χ4n) is 3.03. The van der Waals surface area contributed by atoms with Crippen molar-refractivity contribution in [2.75, 3.05) is 11.4 Å². The molecule has 2 aromatic rings. The molecule has 0 aliphatic carbocycles. The zero-order valence-corrected chi connectivity index (χ0v) is 12.9. The van der Waals surface area contributed by atoms with Crippen LogP contribution in [0.2, 0.25) is 0 Å². The van der Waals surface area contributed by atoms with Crippen LogP contribution in [0.15, 0.2) is 36.4 Å². The summed E-state index contributed by atoms with van der Waals surface area (Å²) >= 11 is 0. The van der Waals surface area contributed by atoms with Crippen molar-refractivity contribution in [2.24, 2.45) is 0 Å². The van der Waals surface area contributed by atoms with Crippen LogP contribution in [0.4, 0.5) is 5.69 Å². The molecule has 21 heavy (non-hydrogen) atoms. The molecule has 0 spiro atoms. The van der Waals surface area contributed by atoms with Crippen molar-refractivity contribution in [1.82, 2.24) is 0 Å². The number of ketones is 1. The van der Waals surface area contributed by atoms with Crippen molar-refractivity contribution in [3.63, 3.8) is 0 Å². The second-order valence-corrected chi connectivity index (χ2v) is 6.00. The van der Waals surface area contributed by atoms with Gasteiger partial charge in [0.05, 0.1) is 0 Å². The van der Waals surface area contributed by atoms with Crippen molar-refractivity contribution >= 4 is 11.5 Å². The first-order chi connectivity index (χ1) is 10.0. The molecule has 1 aliphatic rings. The Morgan fingerprint density at radius 1 is 1.14 bits per heavy atom. The van der Waals surface area contributed by atoms with Crippen LogP contribution in [0.5, 0.6) is 0 Å². The molecular formula is C19H21NO. The van der Waals surface area contributed by atoms with Crippen molar-refractivity contribution in [3.8, 4) is 0 Å². The molecule has 1 heterocycles. The van der Waals surface area contributed by atoms with Crippen LogP contribution in [-0.2, 0) is 13.0 Å². The maximum atomic E-state index is 11.5.